The standard InChI is InChI=1S/C14H15NO3S2/c1-9(16)12(14-19-7-8-20-14)13(17)15-10-3-5-11(18-2)6-4-10/h3-6H,7-8H2,1-2H3,(H,15,17). The fourth-order valence-electron chi connectivity index (χ4n) is 1.72. The first-order chi connectivity index (χ1) is 9.61. The lowest BCUT2D eigenvalue weighted by Crippen LogP contribution is -2.19. The zero-order chi connectivity index (χ0) is 14.5. The number of amides is 1. The van der Waals surface area contributed by atoms with E-state index in [9.17, 15) is 9.59 Å². The fourth-order valence-corrected chi connectivity index (χ4v) is 4.35. The number of thioether (sulfide) groups is 2. The monoisotopic (exact) mass is 309 g/mol. The number of hydrogen-bond acceptors (Lipinski definition) is 5. The van der Waals surface area contributed by atoms with E-state index in [2.05, 4.69) is 5.32 Å². The first-order valence-electron chi connectivity index (χ1n) is 6.08. The highest BCUT2D eigenvalue weighted by Gasteiger charge is 2.23. The van der Waals surface area contributed by atoms with E-state index in [4.69, 9.17) is 4.74 Å². The summed E-state index contributed by atoms with van der Waals surface area (Å²) in [4.78, 5) is 23.9. The lowest BCUT2D eigenvalue weighted by molar-refractivity contribution is -0.118. The molecule has 1 aromatic carbocycles. The number of Topliss-reactive ketones (excluding diaryl/α,β-unsaturated/α-hetero) is 1. The van der Waals surface area contributed by atoms with Gasteiger partial charge in [0.05, 0.1) is 11.3 Å². The first-order valence-corrected chi connectivity index (χ1v) is 8.05. The second-order valence-corrected chi connectivity index (χ2v) is 6.57. The van der Waals surface area contributed by atoms with Crippen LogP contribution in [0.5, 0.6) is 5.75 Å². The molecular formula is C14H15NO3S2. The van der Waals surface area contributed by atoms with Gasteiger partial charge in [-0.3, -0.25) is 9.59 Å². The fraction of sp³-hybridized carbons (Fsp3) is 0.286. The summed E-state index contributed by atoms with van der Waals surface area (Å²) in [6, 6.07) is 7.01. The van der Waals surface area contributed by atoms with Gasteiger partial charge in [0.25, 0.3) is 5.91 Å². The van der Waals surface area contributed by atoms with Gasteiger partial charge in [-0.15, -0.1) is 23.5 Å². The molecule has 4 nitrogen and oxygen atoms in total. The van der Waals surface area contributed by atoms with Gasteiger partial charge in [-0.1, -0.05) is 0 Å². The molecule has 1 N–H and O–H groups in total. The van der Waals surface area contributed by atoms with E-state index in [1.807, 2.05) is 0 Å². The largest absolute Gasteiger partial charge is 0.497 e. The van der Waals surface area contributed by atoms with Gasteiger partial charge in [0.2, 0.25) is 0 Å². The summed E-state index contributed by atoms with van der Waals surface area (Å²) in [5.41, 5.74) is 0.900. The zero-order valence-electron chi connectivity index (χ0n) is 11.3. The van der Waals surface area contributed by atoms with Crippen molar-refractivity contribution in [3.05, 3.63) is 34.1 Å². The Morgan fingerprint density at radius 1 is 1.15 bits per heavy atom. The molecule has 1 fully saturated rings. The average molecular weight is 309 g/mol. The van der Waals surface area contributed by atoms with Crippen LogP contribution < -0.4 is 10.1 Å². The second kappa shape index (κ2) is 6.85. The lowest BCUT2D eigenvalue weighted by Gasteiger charge is -2.09. The number of carbonyl (C=O) groups excluding carboxylic acids is 2. The molecular weight excluding hydrogens is 294 g/mol. The molecule has 2 rings (SSSR count). The smallest absolute Gasteiger partial charge is 0.260 e. The SMILES string of the molecule is COc1ccc(NC(=O)C(C(C)=O)=C2SCCS2)cc1. The minimum absolute atomic E-state index is 0.201. The molecule has 0 atom stereocenters. The summed E-state index contributed by atoms with van der Waals surface area (Å²) in [6.07, 6.45) is 0. The Kier molecular flexibility index (Phi) is 5.14. The van der Waals surface area contributed by atoms with Crippen LogP contribution in [-0.2, 0) is 9.59 Å². The van der Waals surface area contributed by atoms with E-state index in [0.717, 1.165) is 21.5 Å². The number of rotatable bonds is 4. The van der Waals surface area contributed by atoms with Crippen LogP contribution in [0.3, 0.4) is 0 Å². The molecule has 1 aromatic rings. The van der Waals surface area contributed by atoms with Crippen molar-refractivity contribution >= 4 is 40.9 Å². The van der Waals surface area contributed by atoms with Gasteiger partial charge in [-0.05, 0) is 31.2 Å². The van der Waals surface area contributed by atoms with Crippen LogP contribution in [-0.4, -0.2) is 30.3 Å². The predicted molar refractivity (Wildman–Crippen MR) is 84.2 cm³/mol. The molecule has 0 bridgehead atoms. The lowest BCUT2D eigenvalue weighted by atomic mass is 10.2. The second-order valence-electron chi connectivity index (χ2n) is 4.10. The molecule has 1 aliphatic rings. The highest BCUT2D eigenvalue weighted by molar-refractivity contribution is 8.25. The predicted octanol–water partition coefficient (Wildman–Crippen LogP) is 2.91. The number of nitrogens with one attached hydrogen (secondary N) is 1. The maximum atomic E-state index is 12.2. The first kappa shape index (κ1) is 15.0. The van der Waals surface area contributed by atoms with Crippen molar-refractivity contribution in [2.24, 2.45) is 0 Å². The number of benzene rings is 1. The van der Waals surface area contributed by atoms with Gasteiger partial charge in [0, 0.05) is 17.2 Å². The zero-order valence-corrected chi connectivity index (χ0v) is 12.9. The maximum absolute atomic E-state index is 12.2. The van der Waals surface area contributed by atoms with Crippen LogP contribution in [0.2, 0.25) is 0 Å². The van der Waals surface area contributed by atoms with Gasteiger partial charge in [0.15, 0.2) is 5.78 Å². The molecule has 20 heavy (non-hydrogen) atoms. The summed E-state index contributed by atoms with van der Waals surface area (Å²) in [5, 5.41) is 2.75. The summed E-state index contributed by atoms with van der Waals surface area (Å²) < 4.78 is 5.88. The molecule has 106 valence electrons. The number of ketones is 1. The topological polar surface area (TPSA) is 55.4 Å². The molecule has 0 aliphatic carbocycles. The Labute approximate surface area is 126 Å². The van der Waals surface area contributed by atoms with Crippen molar-refractivity contribution in [1.82, 2.24) is 0 Å². The van der Waals surface area contributed by atoms with E-state index in [-0.39, 0.29) is 17.3 Å². The van der Waals surface area contributed by atoms with Crippen molar-refractivity contribution in [2.45, 2.75) is 6.92 Å². The minimum atomic E-state index is -0.348. The Bertz CT molecular complexity index is 544. The van der Waals surface area contributed by atoms with Crippen LogP contribution in [0.1, 0.15) is 6.92 Å². The molecule has 1 saturated heterocycles. The van der Waals surface area contributed by atoms with Crippen molar-refractivity contribution in [3.63, 3.8) is 0 Å². The average Bonchev–Trinajstić information content (AvgIpc) is 2.93. The van der Waals surface area contributed by atoms with Gasteiger partial charge in [-0.2, -0.15) is 0 Å². The normalized spacial score (nSPS) is 14.0. The van der Waals surface area contributed by atoms with Crippen molar-refractivity contribution in [1.29, 1.82) is 0 Å². The van der Waals surface area contributed by atoms with Crippen molar-refractivity contribution in [3.8, 4) is 5.75 Å². The molecule has 1 amide bonds. The van der Waals surface area contributed by atoms with E-state index < -0.39 is 0 Å². The van der Waals surface area contributed by atoms with Crippen LogP contribution in [0.15, 0.2) is 34.1 Å². The van der Waals surface area contributed by atoms with Gasteiger partial charge in [-0.25, -0.2) is 0 Å². The molecule has 0 spiro atoms. The van der Waals surface area contributed by atoms with E-state index in [1.54, 1.807) is 54.9 Å². The molecule has 0 radical (unpaired) electrons. The van der Waals surface area contributed by atoms with Crippen LogP contribution >= 0.6 is 23.5 Å². The van der Waals surface area contributed by atoms with E-state index in [1.165, 1.54) is 6.92 Å². The molecule has 0 aromatic heterocycles. The Hall–Kier alpha value is -1.40. The molecule has 1 aliphatic heterocycles. The summed E-state index contributed by atoms with van der Waals surface area (Å²) >= 11 is 3.13. The number of anilines is 1. The highest BCUT2D eigenvalue weighted by Crippen LogP contribution is 2.39. The van der Waals surface area contributed by atoms with Gasteiger partial charge in [0.1, 0.15) is 11.3 Å². The number of carbonyl (C=O) groups is 2. The molecule has 0 unspecified atom stereocenters. The Balaban J connectivity index is 2.16. The molecule has 1 heterocycles. The summed E-state index contributed by atoms with van der Waals surface area (Å²) in [5.74, 6) is 2.04. The van der Waals surface area contributed by atoms with Crippen molar-refractivity contribution < 1.29 is 14.3 Å². The van der Waals surface area contributed by atoms with Crippen LogP contribution in [0.25, 0.3) is 0 Å². The summed E-state index contributed by atoms with van der Waals surface area (Å²) in [6.45, 7) is 1.43. The summed E-state index contributed by atoms with van der Waals surface area (Å²) in [7, 11) is 1.58. The van der Waals surface area contributed by atoms with Crippen molar-refractivity contribution in [2.75, 3.05) is 23.9 Å². The highest BCUT2D eigenvalue weighted by atomic mass is 32.2. The van der Waals surface area contributed by atoms with E-state index >= 15 is 0 Å². The maximum Gasteiger partial charge on any atom is 0.260 e. The van der Waals surface area contributed by atoms with Crippen LogP contribution in [0.4, 0.5) is 5.69 Å². The quantitative estimate of drug-likeness (QED) is 0.526. The van der Waals surface area contributed by atoms with E-state index in [0.29, 0.717) is 5.69 Å². The third kappa shape index (κ3) is 3.58. The number of hydrogen-bond donors (Lipinski definition) is 1. The number of ether oxygens (including phenoxy) is 1. The van der Waals surface area contributed by atoms with Crippen LogP contribution in [0, 0.1) is 0 Å². The third-order valence-electron chi connectivity index (χ3n) is 2.68. The minimum Gasteiger partial charge on any atom is -0.497 e. The molecule has 0 saturated carbocycles. The van der Waals surface area contributed by atoms with Gasteiger partial charge >= 0.3 is 0 Å². The Morgan fingerprint density at radius 2 is 1.75 bits per heavy atom. The number of methoxy groups -OCH3 is 1. The third-order valence-corrected chi connectivity index (χ3v) is 5.40. The van der Waals surface area contributed by atoms with Gasteiger partial charge < -0.3 is 10.1 Å². The molecule has 6 heteroatoms. The Morgan fingerprint density at radius 3 is 2.25 bits per heavy atom.